The first kappa shape index (κ1) is 16.2. The van der Waals surface area contributed by atoms with Crippen molar-refractivity contribution in [2.24, 2.45) is 0 Å². The molecular formula is C16H15Cl2N3O2. The topological polar surface area (TPSA) is 63.2 Å². The third-order valence-electron chi connectivity index (χ3n) is 3.53. The first-order valence-corrected chi connectivity index (χ1v) is 7.94. The number of morpholine rings is 1. The van der Waals surface area contributed by atoms with Crippen LogP contribution in [0.3, 0.4) is 0 Å². The van der Waals surface area contributed by atoms with Crippen molar-refractivity contribution in [3.63, 3.8) is 0 Å². The summed E-state index contributed by atoms with van der Waals surface area (Å²) >= 11 is 11.6. The molecule has 2 heterocycles. The number of benzene rings is 1. The number of carbonyl (C=O) groups is 1. The number of rotatable bonds is 3. The summed E-state index contributed by atoms with van der Waals surface area (Å²) in [7, 11) is 0. The fourth-order valence-corrected chi connectivity index (χ4v) is 2.58. The van der Waals surface area contributed by atoms with Gasteiger partial charge in [-0.3, -0.25) is 4.79 Å². The van der Waals surface area contributed by atoms with Gasteiger partial charge in [-0.05, 0) is 23.8 Å². The summed E-state index contributed by atoms with van der Waals surface area (Å²) in [5.41, 5.74) is 2.11. The number of amides is 1. The summed E-state index contributed by atoms with van der Waals surface area (Å²) in [6.45, 7) is 2.37. The first-order valence-electron chi connectivity index (χ1n) is 7.18. The van der Waals surface area contributed by atoms with E-state index in [1.54, 1.807) is 0 Å². The van der Waals surface area contributed by atoms with Gasteiger partial charge >= 0.3 is 0 Å². The minimum atomic E-state index is -0.292. The van der Waals surface area contributed by atoms with E-state index in [1.165, 1.54) is 12.3 Å². The smallest absolute Gasteiger partial charge is 0.257 e. The fraction of sp³-hybridized carbons (Fsp3) is 0.250. The van der Waals surface area contributed by atoms with Gasteiger partial charge < -0.3 is 15.4 Å². The van der Waals surface area contributed by atoms with Gasteiger partial charge in [0.05, 0.1) is 23.3 Å². The number of hydrogen-bond acceptors (Lipinski definition) is 4. The second-order valence-corrected chi connectivity index (χ2v) is 5.90. The molecule has 1 aromatic heterocycles. The zero-order valence-corrected chi connectivity index (χ0v) is 13.7. The molecule has 1 amide bonds. The minimum Gasteiger partial charge on any atom is -0.371 e. The third-order valence-corrected chi connectivity index (χ3v) is 4.21. The van der Waals surface area contributed by atoms with E-state index < -0.39 is 0 Å². The Morgan fingerprint density at radius 3 is 2.74 bits per heavy atom. The highest BCUT2D eigenvalue weighted by Crippen LogP contribution is 2.22. The number of pyridine rings is 1. The van der Waals surface area contributed by atoms with Crippen molar-refractivity contribution in [3.05, 3.63) is 57.8 Å². The van der Waals surface area contributed by atoms with Crippen LogP contribution >= 0.6 is 23.2 Å². The van der Waals surface area contributed by atoms with E-state index in [0.29, 0.717) is 17.9 Å². The highest BCUT2D eigenvalue weighted by molar-refractivity contribution is 6.41. The van der Waals surface area contributed by atoms with Crippen molar-refractivity contribution >= 4 is 34.8 Å². The molecule has 2 aromatic rings. The van der Waals surface area contributed by atoms with Gasteiger partial charge in [0, 0.05) is 25.0 Å². The van der Waals surface area contributed by atoms with Gasteiger partial charge in [-0.2, -0.15) is 0 Å². The number of halogens is 2. The molecule has 0 bridgehead atoms. The summed E-state index contributed by atoms with van der Waals surface area (Å²) in [4.78, 5) is 16.0. The van der Waals surface area contributed by atoms with Crippen molar-refractivity contribution in [3.8, 4) is 0 Å². The molecule has 0 unspecified atom stereocenters. The molecule has 1 saturated heterocycles. The number of nitrogens with zero attached hydrogens (tertiary/aromatic N) is 1. The molecular weight excluding hydrogens is 337 g/mol. The average molecular weight is 352 g/mol. The number of ether oxygens (including phenoxy) is 1. The van der Waals surface area contributed by atoms with Gasteiger partial charge in [0.2, 0.25) is 0 Å². The molecule has 0 spiro atoms. The lowest BCUT2D eigenvalue weighted by Gasteiger charge is -2.24. The Balaban J connectivity index is 1.67. The van der Waals surface area contributed by atoms with Gasteiger partial charge in [0.1, 0.15) is 5.15 Å². The molecule has 0 radical (unpaired) electrons. The van der Waals surface area contributed by atoms with Crippen molar-refractivity contribution in [1.82, 2.24) is 10.3 Å². The average Bonchev–Trinajstić information content (AvgIpc) is 2.59. The van der Waals surface area contributed by atoms with Crippen molar-refractivity contribution < 1.29 is 9.53 Å². The molecule has 23 heavy (non-hydrogen) atoms. The Kier molecular flexibility index (Phi) is 5.13. The molecule has 1 fully saturated rings. The van der Waals surface area contributed by atoms with E-state index in [4.69, 9.17) is 27.9 Å². The van der Waals surface area contributed by atoms with Crippen LogP contribution in [0.15, 0.2) is 36.5 Å². The second kappa shape index (κ2) is 7.27. The molecule has 3 rings (SSSR count). The molecule has 5 nitrogen and oxygen atoms in total. The summed E-state index contributed by atoms with van der Waals surface area (Å²) < 4.78 is 5.69. The van der Waals surface area contributed by atoms with Gasteiger partial charge in [-0.1, -0.05) is 35.3 Å². The Hall–Kier alpha value is -1.66. The van der Waals surface area contributed by atoms with Crippen LogP contribution in [0, 0.1) is 0 Å². The van der Waals surface area contributed by atoms with E-state index in [1.807, 2.05) is 24.3 Å². The number of anilines is 1. The van der Waals surface area contributed by atoms with Gasteiger partial charge in [0.15, 0.2) is 0 Å². The second-order valence-electron chi connectivity index (χ2n) is 5.14. The number of aromatic nitrogens is 1. The largest absolute Gasteiger partial charge is 0.371 e. The Morgan fingerprint density at radius 2 is 2.09 bits per heavy atom. The Bertz CT molecular complexity index is 701. The monoisotopic (exact) mass is 351 g/mol. The lowest BCUT2D eigenvalue weighted by Crippen LogP contribution is -2.33. The number of hydrogen-bond donors (Lipinski definition) is 2. The summed E-state index contributed by atoms with van der Waals surface area (Å²) in [6, 6.07) is 9.06. The summed E-state index contributed by atoms with van der Waals surface area (Å²) in [5, 5.41) is 6.51. The molecule has 0 saturated carbocycles. The SMILES string of the molecule is O=C(Nc1ccc([C@@H]2CNCCO2)cc1)c1cnc(Cl)c(Cl)c1. The lowest BCUT2D eigenvalue weighted by atomic mass is 10.1. The van der Waals surface area contributed by atoms with Crippen LogP contribution < -0.4 is 10.6 Å². The molecule has 0 aliphatic carbocycles. The maximum atomic E-state index is 12.2. The predicted molar refractivity (Wildman–Crippen MR) is 90.2 cm³/mol. The van der Waals surface area contributed by atoms with Crippen LogP contribution in [-0.2, 0) is 4.74 Å². The lowest BCUT2D eigenvalue weighted by molar-refractivity contribution is 0.0277. The van der Waals surface area contributed by atoms with E-state index in [9.17, 15) is 4.79 Å². The molecule has 1 atom stereocenters. The molecule has 7 heteroatoms. The first-order chi connectivity index (χ1) is 11.1. The molecule has 120 valence electrons. The van der Waals surface area contributed by atoms with Gasteiger partial charge in [-0.25, -0.2) is 4.98 Å². The van der Waals surface area contributed by atoms with Crippen LogP contribution in [0.1, 0.15) is 22.0 Å². The number of carbonyl (C=O) groups excluding carboxylic acids is 1. The molecule has 1 aliphatic rings. The zero-order valence-electron chi connectivity index (χ0n) is 12.2. The number of nitrogens with one attached hydrogen (secondary N) is 2. The van der Waals surface area contributed by atoms with E-state index in [2.05, 4.69) is 15.6 Å². The fourth-order valence-electron chi connectivity index (χ4n) is 2.31. The third kappa shape index (κ3) is 4.00. The zero-order chi connectivity index (χ0) is 16.2. The van der Waals surface area contributed by atoms with Crippen molar-refractivity contribution in [2.75, 3.05) is 25.0 Å². The Morgan fingerprint density at radius 1 is 1.30 bits per heavy atom. The summed E-state index contributed by atoms with van der Waals surface area (Å²) in [5.74, 6) is -0.292. The normalized spacial score (nSPS) is 17.7. The summed E-state index contributed by atoms with van der Waals surface area (Å²) in [6.07, 6.45) is 1.44. The minimum absolute atomic E-state index is 0.0489. The highest BCUT2D eigenvalue weighted by atomic mass is 35.5. The van der Waals surface area contributed by atoms with Crippen LogP contribution in [0.25, 0.3) is 0 Å². The van der Waals surface area contributed by atoms with Crippen LogP contribution in [0.2, 0.25) is 10.2 Å². The standard InChI is InChI=1S/C16H15Cl2N3O2/c17-13-7-11(8-20-15(13)18)16(22)21-12-3-1-10(2-4-12)14-9-19-5-6-23-14/h1-4,7-8,14,19H,5-6,9H2,(H,21,22)/t14-/m0/s1. The van der Waals surface area contributed by atoms with Crippen molar-refractivity contribution in [1.29, 1.82) is 0 Å². The Labute approximate surface area is 144 Å². The maximum Gasteiger partial charge on any atom is 0.257 e. The molecule has 1 aromatic carbocycles. The maximum absolute atomic E-state index is 12.2. The van der Waals surface area contributed by atoms with Gasteiger partial charge in [-0.15, -0.1) is 0 Å². The van der Waals surface area contributed by atoms with Gasteiger partial charge in [0.25, 0.3) is 5.91 Å². The van der Waals surface area contributed by atoms with E-state index in [0.717, 1.165) is 18.7 Å². The predicted octanol–water partition coefficient (Wildman–Crippen LogP) is 3.30. The highest BCUT2D eigenvalue weighted by Gasteiger charge is 2.15. The van der Waals surface area contributed by atoms with Crippen LogP contribution in [-0.4, -0.2) is 30.6 Å². The van der Waals surface area contributed by atoms with Crippen molar-refractivity contribution in [2.45, 2.75) is 6.10 Å². The molecule has 1 aliphatic heterocycles. The van der Waals surface area contributed by atoms with Crippen LogP contribution in [0.5, 0.6) is 0 Å². The quantitative estimate of drug-likeness (QED) is 0.832. The van der Waals surface area contributed by atoms with E-state index >= 15 is 0 Å². The molecule has 2 N–H and O–H groups in total. The van der Waals surface area contributed by atoms with E-state index in [-0.39, 0.29) is 22.2 Å². The van der Waals surface area contributed by atoms with Crippen LogP contribution in [0.4, 0.5) is 5.69 Å².